The Morgan fingerprint density at radius 3 is 2.17 bits per heavy atom. The summed E-state index contributed by atoms with van der Waals surface area (Å²) in [6, 6.07) is 1.07. The molecular formula is C13H26O4Si. The van der Waals surface area contributed by atoms with E-state index in [2.05, 4.69) is 6.58 Å². The second kappa shape index (κ2) is 11.4. The van der Waals surface area contributed by atoms with Crippen molar-refractivity contribution < 1.29 is 18.4 Å². The normalized spacial score (nSPS) is 10.7. The minimum absolute atomic E-state index is 0.288. The minimum atomic E-state index is -1.36. The van der Waals surface area contributed by atoms with Crippen LogP contribution in [0.3, 0.4) is 0 Å². The Bertz CT molecular complexity index is 239. The van der Waals surface area contributed by atoms with Crippen LogP contribution in [0.5, 0.6) is 0 Å². The monoisotopic (exact) mass is 274 g/mol. The Morgan fingerprint density at radius 1 is 1.06 bits per heavy atom. The summed E-state index contributed by atoms with van der Waals surface area (Å²) in [5.74, 6) is -0.288. The standard InChI is InChI=1S/C13H26O4Si/c1-12(2)13(14)17-10-8-6-5-7-9-11-18(15-3)16-4/h18H,1,5-11H2,2-4H3. The lowest BCUT2D eigenvalue weighted by molar-refractivity contribution is -0.139. The summed E-state index contributed by atoms with van der Waals surface area (Å²) in [5, 5.41) is 0. The highest BCUT2D eigenvalue weighted by atomic mass is 28.3. The summed E-state index contributed by atoms with van der Waals surface area (Å²) in [5.41, 5.74) is 0.463. The molecule has 0 saturated carbocycles. The fourth-order valence-corrected chi connectivity index (χ4v) is 2.85. The van der Waals surface area contributed by atoms with Crippen molar-refractivity contribution in [3.8, 4) is 0 Å². The lowest BCUT2D eigenvalue weighted by atomic mass is 10.2. The molecule has 0 aliphatic carbocycles. The molecule has 0 aromatic heterocycles. The molecule has 0 bridgehead atoms. The largest absolute Gasteiger partial charge is 0.462 e. The molecule has 0 unspecified atom stereocenters. The zero-order chi connectivity index (χ0) is 13.8. The predicted octanol–water partition coefficient (Wildman–Crippen LogP) is 2.57. The van der Waals surface area contributed by atoms with E-state index < -0.39 is 9.28 Å². The number of hydrogen-bond acceptors (Lipinski definition) is 4. The van der Waals surface area contributed by atoms with Crippen molar-refractivity contribution in [2.45, 2.75) is 45.1 Å². The highest BCUT2D eigenvalue weighted by Crippen LogP contribution is 2.09. The van der Waals surface area contributed by atoms with Crippen molar-refractivity contribution >= 4 is 15.3 Å². The molecule has 0 spiro atoms. The molecule has 0 aliphatic rings. The van der Waals surface area contributed by atoms with E-state index in [1.54, 1.807) is 21.1 Å². The fourth-order valence-electron chi connectivity index (χ4n) is 1.56. The predicted molar refractivity (Wildman–Crippen MR) is 74.8 cm³/mol. The van der Waals surface area contributed by atoms with Crippen LogP contribution in [0.1, 0.15) is 39.0 Å². The van der Waals surface area contributed by atoms with Gasteiger partial charge in [0.25, 0.3) is 0 Å². The van der Waals surface area contributed by atoms with Crippen LogP contribution in [0.2, 0.25) is 6.04 Å². The molecule has 0 atom stereocenters. The summed E-state index contributed by atoms with van der Waals surface area (Å²) < 4.78 is 15.5. The SMILES string of the molecule is C=C(C)C(=O)OCCCCCCC[SiH](OC)OC. The first-order valence-corrected chi connectivity index (χ1v) is 8.26. The van der Waals surface area contributed by atoms with E-state index in [0.717, 1.165) is 25.3 Å². The summed E-state index contributed by atoms with van der Waals surface area (Å²) in [4.78, 5) is 11.1. The molecule has 5 heteroatoms. The lowest BCUT2D eigenvalue weighted by Gasteiger charge is -2.10. The maximum absolute atomic E-state index is 11.1. The van der Waals surface area contributed by atoms with E-state index >= 15 is 0 Å². The number of hydrogen-bond donors (Lipinski definition) is 0. The van der Waals surface area contributed by atoms with Crippen LogP contribution in [0.25, 0.3) is 0 Å². The van der Waals surface area contributed by atoms with Gasteiger partial charge < -0.3 is 13.6 Å². The third-order valence-electron chi connectivity index (χ3n) is 2.69. The van der Waals surface area contributed by atoms with Gasteiger partial charge in [0.15, 0.2) is 0 Å². The van der Waals surface area contributed by atoms with Gasteiger partial charge in [-0.15, -0.1) is 0 Å². The lowest BCUT2D eigenvalue weighted by Crippen LogP contribution is -2.18. The summed E-state index contributed by atoms with van der Waals surface area (Å²) in [6.07, 6.45) is 5.53. The van der Waals surface area contributed by atoms with Crippen LogP contribution in [-0.4, -0.2) is 36.1 Å². The van der Waals surface area contributed by atoms with Crippen LogP contribution in [0.4, 0.5) is 0 Å². The number of carbonyl (C=O) groups is 1. The molecule has 0 aromatic carbocycles. The van der Waals surface area contributed by atoms with Crippen molar-refractivity contribution in [1.82, 2.24) is 0 Å². The average Bonchev–Trinajstić information content (AvgIpc) is 2.36. The molecule has 18 heavy (non-hydrogen) atoms. The summed E-state index contributed by atoms with van der Waals surface area (Å²) in [6.45, 7) is 5.69. The van der Waals surface area contributed by atoms with Crippen molar-refractivity contribution in [2.75, 3.05) is 20.8 Å². The van der Waals surface area contributed by atoms with Gasteiger partial charge in [-0.1, -0.05) is 32.3 Å². The fraction of sp³-hybridized carbons (Fsp3) is 0.769. The zero-order valence-electron chi connectivity index (χ0n) is 11.9. The maximum atomic E-state index is 11.1. The van der Waals surface area contributed by atoms with Crippen LogP contribution in [0, 0.1) is 0 Å². The van der Waals surface area contributed by atoms with Gasteiger partial charge in [-0.25, -0.2) is 4.79 Å². The Hall–Kier alpha value is -0.653. The van der Waals surface area contributed by atoms with Crippen molar-refractivity contribution in [2.24, 2.45) is 0 Å². The number of carbonyl (C=O) groups excluding carboxylic acids is 1. The van der Waals surface area contributed by atoms with Gasteiger partial charge in [0.2, 0.25) is 0 Å². The van der Waals surface area contributed by atoms with Gasteiger partial charge in [0.1, 0.15) is 0 Å². The van der Waals surface area contributed by atoms with E-state index in [9.17, 15) is 4.79 Å². The summed E-state index contributed by atoms with van der Waals surface area (Å²) in [7, 11) is 2.08. The van der Waals surface area contributed by atoms with Gasteiger partial charge in [-0.3, -0.25) is 0 Å². The number of esters is 1. The van der Waals surface area contributed by atoms with E-state index in [0.29, 0.717) is 12.2 Å². The van der Waals surface area contributed by atoms with Gasteiger partial charge in [0, 0.05) is 19.8 Å². The van der Waals surface area contributed by atoms with Crippen LogP contribution >= 0.6 is 0 Å². The zero-order valence-corrected chi connectivity index (χ0v) is 13.0. The van der Waals surface area contributed by atoms with E-state index in [1.807, 2.05) is 0 Å². The highest BCUT2D eigenvalue weighted by Gasteiger charge is 2.08. The Morgan fingerprint density at radius 2 is 1.61 bits per heavy atom. The smallest absolute Gasteiger partial charge is 0.333 e. The van der Waals surface area contributed by atoms with Crippen molar-refractivity contribution in [1.29, 1.82) is 0 Å². The molecule has 0 fully saturated rings. The quantitative estimate of drug-likeness (QED) is 0.251. The molecular weight excluding hydrogens is 248 g/mol. The Labute approximate surface area is 112 Å². The third-order valence-corrected chi connectivity index (χ3v) is 4.62. The van der Waals surface area contributed by atoms with Gasteiger partial charge in [0.05, 0.1) is 6.61 Å². The molecule has 0 N–H and O–H groups in total. The molecule has 0 heterocycles. The van der Waals surface area contributed by atoms with Crippen LogP contribution in [0.15, 0.2) is 12.2 Å². The van der Waals surface area contributed by atoms with E-state index in [1.165, 1.54) is 12.8 Å². The van der Waals surface area contributed by atoms with Crippen LogP contribution < -0.4 is 0 Å². The second-order valence-electron chi connectivity index (χ2n) is 4.37. The first kappa shape index (κ1) is 17.3. The van der Waals surface area contributed by atoms with E-state index in [-0.39, 0.29) is 5.97 Å². The second-order valence-corrected chi connectivity index (χ2v) is 6.75. The van der Waals surface area contributed by atoms with Crippen LogP contribution in [-0.2, 0) is 18.4 Å². The van der Waals surface area contributed by atoms with Gasteiger partial charge in [-0.05, 0) is 19.4 Å². The molecule has 4 nitrogen and oxygen atoms in total. The van der Waals surface area contributed by atoms with Gasteiger partial charge in [-0.2, -0.15) is 0 Å². The maximum Gasteiger partial charge on any atom is 0.333 e. The molecule has 0 amide bonds. The number of unbranched alkanes of at least 4 members (excludes halogenated alkanes) is 4. The number of rotatable bonds is 11. The first-order chi connectivity index (χ1) is 8.61. The molecule has 0 aliphatic heterocycles. The Kier molecular flexibility index (Phi) is 11.0. The van der Waals surface area contributed by atoms with E-state index in [4.69, 9.17) is 13.6 Å². The van der Waals surface area contributed by atoms with Crippen molar-refractivity contribution in [3.05, 3.63) is 12.2 Å². The van der Waals surface area contributed by atoms with Crippen molar-refractivity contribution in [3.63, 3.8) is 0 Å². The molecule has 0 saturated heterocycles. The third kappa shape index (κ3) is 9.38. The molecule has 106 valence electrons. The molecule has 0 radical (unpaired) electrons. The average molecular weight is 274 g/mol. The first-order valence-electron chi connectivity index (χ1n) is 6.50. The number of ether oxygens (including phenoxy) is 1. The summed E-state index contributed by atoms with van der Waals surface area (Å²) >= 11 is 0. The van der Waals surface area contributed by atoms with Gasteiger partial charge >= 0.3 is 15.3 Å². The highest BCUT2D eigenvalue weighted by molar-refractivity contribution is 6.44. The molecule has 0 aromatic rings. The molecule has 0 rings (SSSR count). The topological polar surface area (TPSA) is 44.8 Å². The Balaban J connectivity index is 3.26. The minimum Gasteiger partial charge on any atom is -0.462 e.